The first-order chi connectivity index (χ1) is 14.1. The van der Waals surface area contributed by atoms with Crippen LogP contribution in [-0.4, -0.2) is 35.8 Å². The minimum atomic E-state index is -0.130. The average molecular weight is 396 g/mol. The Labute approximate surface area is 171 Å². The van der Waals surface area contributed by atoms with E-state index in [2.05, 4.69) is 28.7 Å². The van der Waals surface area contributed by atoms with E-state index in [0.29, 0.717) is 19.0 Å². The zero-order valence-corrected chi connectivity index (χ0v) is 17.2. The highest BCUT2D eigenvalue weighted by Crippen LogP contribution is 2.32. The highest BCUT2D eigenvalue weighted by atomic mass is 16.5. The standard InChI is InChI=1S/C23H29N3O3/c1-16-17(2)25-29-22(16)24-23(27)26-11-8-19(9-12-26)14-20-4-3-5-21(15-20)28-13-10-18-6-7-18/h3-5,14-15,18H,6-13H2,1-2H3,(H,24,27). The number of carbonyl (C=O) groups is 1. The summed E-state index contributed by atoms with van der Waals surface area (Å²) in [4.78, 5) is 14.3. The lowest BCUT2D eigenvalue weighted by molar-refractivity contribution is 0.207. The molecule has 2 aliphatic rings. The maximum absolute atomic E-state index is 12.5. The van der Waals surface area contributed by atoms with Crippen molar-refractivity contribution < 1.29 is 14.1 Å². The first kappa shape index (κ1) is 19.6. The van der Waals surface area contributed by atoms with Crippen molar-refractivity contribution in [3.8, 4) is 5.75 Å². The van der Waals surface area contributed by atoms with Crippen molar-refractivity contribution in [1.29, 1.82) is 0 Å². The minimum absolute atomic E-state index is 0.130. The fourth-order valence-electron chi connectivity index (χ4n) is 3.53. The van der Waals surface area contributed by atoms with E-state index in [-0.39, 0.29) is 6.03 Å². The number of urea groups is 1. The van der Waals surface area contributed by atoms with Crippen LogP contribution in [0.5, 0.6) is 5.75 Å². The average Bonchev–Trinajstić information content (AvgIpc) is 3.50. The summed E-state index contributed by atoms with van der Waals surface area (Å²) in [7, 11) is 0. The number of piperidine rings is 1. The largest absolute Gasteiger partial charge is 0.494 e. The van der Waals surface area contributed by atoms with Gasteiger partial charge in [-0.15, -0.1) is 0 Å². The van der Waals surface area contributed by atoms with E-state index in [4.69, 9.17) is 9.26 Å². The number of benzene rings is 1. The number of aromatic nitrogens is 1. The number of anilines is 1. The Morgan fingerprint density at radius 3 is 2.79 bits per heavy atom. The minimum Gasteiger partial charge on any atom is -0.494 e. The summed E-state index contributed by atoms with van der Waals surface area (Å²) in [6.45, 7) is 5.95. The van der Waals surface area contributed by atoms with Gasteiger partial charge in [-0.25, -0.2) is 4.79 Å². The fraction of sp³-hybridized carbons (Fsp3) is 0.478. The second-order valence-electron chi connectivity index (χ2n) is 8.09. The summed E-state index contributed by atoms with van der Waals surface area (Å²) >= 11 is 0. The van der Waals surface area contributed by atoms with Crippen LogP contribution in [0.4, 0.5) is 10.7 Å². The van der Waals surface area contributed by atoms with E-state index in [9.17, 15) is 4.79 Å². The summed E-state index contributed by atoms with van der Waals surface area (Å²) in [5.41, 5.74) is 4.18. The Morgan fingerprint density at radius 2 is 2.10 bits per heavy atom. The fourth-order valence-corrected chi connectivity index (χ4v) is 3.53. The molecule has 6 heteroatoms. The molecular weight excluding hydrogens is 366 g/mol. The Kier molecular flexibility index (Phi) is 5.88. The van der Waals surface area contributed by atoms with Crippen LogP contribution in [0.15, 0.2) is 34.4 Å². The third kappa shape index (κ3) is 5.19. The van der Waals surface area contributed by atoms with Crippen LogP contribution >= 0.6 is 0 Å². The normalized spacial score (nSPS) is 16.6. The summed E-state index contributed by atoms with van der Waals surface area (Å²) in [5.74, 6) is 2.27. The van der Waals surface area contributed by atoms with Gasteiger partial charge in [0.2, 0.25) is 5.88 Å². The lowest BCUT2D eigenvalue weighted by atomic mass is 10.0. The van der Waals surface area contributed by atoms with Crippen LogP contribution in [0.3, 0.4) is 0 Å². The first-order valence-corrected chi connectivity index (χ1v) is 10.5. The van der Waals surface area contributed by atoms with Gasteiger partial charge in [0.05, 0.1) is 12.3 Å². The molecule has 2 amide bonds. The number of likely N-dealkylation sites (tertiary alicyclic amines) is 1. The molecular formula is C23H29N3O3. The van der Waals surface area contributed by atoms with Crippen molar-refractivity contribution in [2.24, 2.45) is 5.92 Å². The number of rotatable bonds is 6. The molecule has 6 nitrogen and oxygen atoms in total. The van der Waals surface area contributed by atoms with Gasteiger partial charge < -0.3 is 14.2 Å². The molecule has 1 saturated heterocycles. The number of ether oxygens (including phenoxy) is 1. The van der Waals surface area contributed by atoms with Crippen molar-refractivity contribution >= 4 is 18.0 Å². The van der Waals surface area contributed by atoms with E-state index in [0.717, 1.165) is 54.4 Å². The van der Waals surface area contributed by atoms with E-state index < -0.39 is 0 Å². The molecule has 1 aliphatic carbocycles. The number of nitrogens with one attached hydrogen (secondary N) is 1. The maximum atomic E-state index is 12.5. The van der Waals surface area contributed by atoms with Gasteiger partial charge in [-0.1, -0.05) is 41.8 Å². The molecule has 2 heterocycles. The molecule has 0 bridgehead atoms. The summed E-state index contributed by atoms with van der Waals surface area (Å²) in [5, 5.41) is 6.71. The topological polar surface area (TPSA) is 67.6 Å². The summed E-state index contributed by atoms with van der Waals surface area (Å²) < 4.78 is 11.1. The number of carbonyl (C=O) groups excluding carboxylic acids is 1. The van der Waals surface area contributed by atoms with Gasteiger partial charge in [0.15, 0.2) is 0 Å². The number of hydrogen-bond acceptors (Lipinski definition) is 4. The van der Waals surface area contributed by atoms with Gasteiger partial charge in [-0.3, -0.25) is 5.32 Å². The Morgan fingerprint density at radius 1 is 1.31 bits per heavy atom. The molecule has 1 aromatic carbocycles. The van der Waals surface area contributed by atoms with Crippen LogP contribution in [-0.2, 0) is 0 Å². The molecule has 2 fully saturated rings. The molecule has 1 aliphatic heterocycles. The molecule has 4 rings (SSSR count). The third-order valence-electron chi connectivity index (χ3n) is 5.79. The molecule has 1 aromatic heterocycles. The molecule has 1 N–H and O–H groups in total. The molecule has 0 unspecified atom stereocenters. The van der Waals surface area contributed by atoms with Crippen LogP contribution in [0.1, 0.15) is 48.9 Å². The molecule has 0 spiro atoms. The van der Waals surface area contributed by atoms with Gasteiger partial charge in [0, 0.05) is 18.7 Å². The van der Waals surface area contributed by atoms with Gasteiger partial charge in [-0.2, -0.15) is 0 Å². The smallest absolute Gasteiger partial charge is 0.324 e. The number of nitrogens with zero attached hydrogens (tertiary/aromatic N) is 2. The third-order valence-corrected chi connectivity index (χ3v) is 5.79. The van der Waals surface area contributed by atoms with E-state index in [1.165, 1.54) is 18.4 Å². The van der Waals surface area contributed by atoms with Crippen molar-refractivity contribution in [3.63, 3.8) is 0 Å². The zero-order chi connectivity index (χ0) is 20.2. The molecule has 29 heavy (non-hydrogen) atoms. The van der Waals surface area contributed by atoms with Crippen LogP contribution in [0.2, 0.25) is 0 Å². The monoisotopic (exact) mass is 395 g/mol. The quantitative estimate of drug-likeness (QED) is 0.732. The highest BCUT2D eigenvalue weighted by Gasteiger charge is 2.22. The summed E-state index contributed by atoms with van der Waals surface area (Å²) in [6.07, 6.45) is 7.86. The van der Waals surface area contributed by atoms with E-state index in [1.807, 2.05) is 30.9 Å². The zero-order valence-electron chi connectivity index (χ0n) is 17.2. The van der Waals surface area contributed by atoms with Gasteiger partial charge in [0.1, 0.15) is 5.75 Å². The predicted octanol–water partition coefficient (Wildman–Crippen LogP) is 5.18. The van der Waals surface area contributed by atoms with Gasteiger partial charge >= 0.3 is 6.03 Å². The Bertz CT molecular complexity index is 889. The van der Waals surface area contributed by atoms with Crippen molar-refractivity contribution in [2.45, 2.75) is 46.0 Å². The van der Waals surface area contributed by atoms with Crippen molar-refractivity contribution in [1.82, 2.24) is 10.1 Å². The second kappa shape index (κ2) is 8.72. The first-order valence-electron chi connectivity index (χ1n) is 10.5. The Hall–Kier alpha value is -2.76. The molecule has 1 saturated carbocycles. The Balaban J connectivity index is 1.29. The van der Waals surface area contributed by atoms with Crippen molar-refractivity contribution in [2.75, 3.05) is 25.0 Å². The molecule has 0 atom stereocenters. The van der Waals surface area contributed by atoms with E-state index in [1.54, 1.807) is 0 Å². The molecule has 0 radical (unpaired) electrons. The predicted molar refractivity (Wildman–Crippen MR) is 113 cm³/mol. The van der Waals surface area contributed by atoms with Gasteiger partial charge in [0.25, 0.3) is 0 Å². The lowest BCUT2D eigenvalue weighted by Gasteiger charge is -2.28. The summed E-state index contributed by atoms with van der Waals surface area (Å²) in [6, 6.07) is 8.15. The van der Waals surface area contributed by atoms with Gasteiger partial charge in [-0.05, 0) is 56.7 Å². The number of hydrogen-bond donors (Lipinski definition) is 1. The maximum Gasteiger partial charge on any atom is 0.324 e. The molecule has 154 valence electrons. The SMILES string of the molecule is Cc1noc(NC(=O)N2CCC(=Cc3cccc(OCCC4CC4)c3)CC2)c1C. The van der Waals surface area contributed by atoms with Crippen molar-refractivity contribution in [3.05, 3.63) is 46.7 Å². The van der Waals surface area contributed by atoms with E-state index >= 15 is 0 Å². The van der Waals surface area contributed by atoms with Crippen LogP contribution in [0.25, 0.3) is 6.08 Å². The lowest BCUT2D eigenvalue weighted by Crippen LogP contribution is -2.39. The van der Waals surface area contributed by atoms with Crippen LogP contribution in [0, 0.1) is 19.8 Å². The highest BCUT2D eigenvalue weighted by molar-refractivity contribution is 5.88. The second-order valence-corrected chi connectivity index (χ2v) is 8.09. The molecule has 2 aromatic rings. The van der Waals surface area contributed by atoms with Crippen LogP contribution < -0.4 is 10.1 Å². The number of aryl methyl sites for hydroxylation is 1. The number of amides is 2.